The average molecular weight is 769 g/mol. The number of carboxylic acid groups (broad SMARTS) is 4. The van der Waals surface area contributed by atoms with Crippen molar-refractivity contribution in [3.63, 3.8) is 0 Å². The molecule has 0 unspecified atom stereocenters. The molecule has 0 saturated heterocycles. The Labute approximate surface area is 316 Å². The molecular weight excluding hydrogens is 736 g/mol. The highest BCUT2D eigenvalue weighted by Crippen LogP contribution is 2.34. The van der Waals surface area contributed by atoms with Crippen LogP contribution in [0, 0.1) is 0 Å². The minimum atomic E-state index is -1.39. The molecule has 0 aliphatic carbocycles. The van der Waals surface area contributed by atoms with Gasteiger partial charge in [-0.05, 0) is 54.6 Å². The van der Waals surface area contributed by atoms with Gasteiger partial charge in [0.1, 0.15) is 11.5 Å². The third-order valence-corrected chi connectivity index (χ3v) is 6.85. The van der Waals surface area contributed by atoms with E-state index in [4.69, 9.17) is 14.6 Å². The predicted octanol–water partition coefficient (Wildman–Crippen LogP) is 5.84. The zero-order valence-electron chi connectivity index (χ0n) is 29.4. The van der Waals surface area contributed by atoms with Crippen molar-refractivity contribution in [2.45, 2.75) is 0 Å². The molecule has 8 N–H and O–H groups in total. The van der Waals surface area contributed by atoms with Gasteiger partial charge in [-0.3, -0.25) is 0 Å². The summed E-state index contributed by atoms with van der Waals surface area (Å²) in [5, 5.41) is 71.0. The van der Waals surface area contributed by atoms with Gasteiger partial charge >= 0.3 is 23.9 Å². The van der Waals surface area contributed by atoms with Gasteiger partial charge in [-0.2, -0.15) is 35.4 Å². The standard InChI is InChI=1S/C35H32N10O11/c1-18(12-19(30(49)50)4-9-29(47)48)42-43-22-5-7-25(27(16-22)55-2)37-34-39-33(36-10-11-46)40-35(41-34)38-26-8-6-23(17-28(26)56-3)44-45-24-14-20(31(51)52)13-21(15-24)32(53)54/h4-9,12-17,46H,1,10-11H2,2-3H3,(H,47,48)(H,49,50)(H,51,52)(H,53,54)(H3,36,37,38,39,40,41). The Morgan fingerprint density at radius 3 is 1.71 bits per heavy atom. The SMILES string of the molecule is C=C(C=C(C=CC(=O)O)C(=O)O)N=Nc1ccc(Nc2nc(NCCO)nc(Nc3ccc(N=Nc4cc(C(=O)O)cc(C(=O)O)c4)cc3OC)n2)c(OC)c1. The number of aliphatic carboxylic acids is 2. The fraction of sp³-hybridized carbons (Fsp3) is 0.114. The second-order valence-corrected chi connectivity index (χ2v) is 10.8. The molecule has 21 nitrogen and oxygen atoms in total. The van der Waals surface area contributed by atoms with E-state index in [0.29, 0.717) is 17.5 Å². The van der Waals surface area contributed by atoms with Gasteiger partial charge in [0, 0.05) is 24.8 Å². The molecule has 1 aromatic heterocycles. The number of aliphatic hydroxyl groups excluding tert-OH is 1. The summed E-state index contributed by atoms with van der Waals surface area (Å²) in [6.07, 6.45) is 2.60. The molecule has 1 heterocycles. The van der Waals surface area contributed by atoms with Crippen molar-refractivity contribution in [3.05, 3.63) is 102 Å². The topological polar surface area (TPSA) is 312 Å². The molecule has 0 amide bonds. The van der Waals surface area contributed by atoms with Crippen molar-refractivity contribution in [2.24, 2.45) is 20.5 Å². The van der Waals surface area contributed by atoms with Crippen molar-refractivity contribution in [2.75, 3.05) is 43.3 Å². The van der Waals surface area contributed by atoms with Gasteiger partial charge in [-0.15, -0.1) is 0 Å². The number of benzene rings is 3. The number of methoxy groups -OCH3 is 2. The number of ether oxygens (including phenoxy) is 2. The quantitative estimate of drug-likeness (QED) is 0.0315. The number of anilines is 5. The van der Waals surface area contributed by atoms with Crippen LogP contribution in [0.5, 0.6) is 11.5 Å². The third-order valence-electron chi connectivity index (χ3n) is 6.85. The molecule has 0 aliphatic heterocycles. The Hall–Kier alpha value is -8.07. The molecule has 0 bridgehead atoms. The minimum absolute atomic E-state index is 0.00579. The molecule has 21 heteroatoms. The van der Waals surface area contributed by atoms with E-state index in [1.54, 1.807) is 24.3 Å². The first kappa shape index (κ1) is 40.7. The molecule has 0 saturated carbocycles. The van der Waals surface area contributed by atoms with E-state index in [2.05, 4.69) is 57.9 Å². The first-order chi connectivity index (χ1) is 26.8. The van der Waals surface area contributed by atoms with E-state index < -0.39 is 23.9 Å². The van der Waals surface area contributed by atoms with Gasteiger partial charge in [0.25, 0.3) is 0 Å². The monoisotopic (exact) mass is 768 g/mol. The molecule has 0 aliphatic rings. The molecule has 3 aromatic carbocycles. The number of aromatic carboxylic acids is 2. The fourth-order valence-corrected chi connectivity index (χ4v) is 4.37. The normalized spacial score (nSPS) is 11.4. The fourth-order valence-electron chi connectivity index (χ4n) is 4.37. The van der Waals surface area contributed by atoms with Crippen LogP contribution in [-0.2, 0) is 9.59 Å². The van der Waals surface area contributed by atoms with Crippen LogP contribution in [0.3, 0.4) is 0 Å². The van der Waals surface area contributed by atoms with Gasteiger partial charge in [0.15, 0.2) is 0 Å². The van der Waals surface area contributed by atoms with Gasteiger partial charge in [0.2, 0.25) is 17.8 Å². The Morgan fingerprint density at radius 2 is 1.23 bits per heavy atom. The molecular formula is C35H32N10O11. The van der Waals surface area contributed by atoms with Gasteiger partial charge in [-0.1, -0.05) is 6.58 Å². The lowest BCUT2D eigenvalue weighted by Gasteiger charge is -2.14. The summed E-state index contributed by atoms with van der Waals surface area (Å²) in [6.45, 7) is 3.52. The summed E-state index contributed by atoms with van der Waals surface area (Å²) in [5.41, 5.74) is 0.369. The first-order valence-corrected chi connectivity index (χ1v) is 15.8. The zero-order chi connectivity index (χ0) is 40.8. The molecule has 0 spiro atoms. The Balaban J connectivity index is 1.57. The second kappa shape index (κ2) is 19.1. The summed E-state index contributed by atoms with van der Waals surface area (Å²) in [4.78, 5) is 58.2. The number of aromatic nitrogens is 3. The first-order valence-electron chi connectivity index (χ1n) is 15.8. The van der Waals surface area contributed by atoms with Gasteiger partial charge in [0.05, 0.1) is 71.7 Å². The lowest BCUT2D eigenvalue weighted by molar-refractivity contribution is -0.132. The summed E-state index contributed by atoms with van der Waals surface area (Å²) in [6, 6.07) is 12.7. The molecule has 4 aromatic rings. The number of aliphatic hydroxyl groups is 1. The molecule has 56 heavy (non-hydrogen) atoms. The lowest BCUT2D eigenvalue weighted by atomic mass is 10.1. The molecule has 288 valence electrons. The van der Waals surface area contributed by atoms with Crippen LogP contribution < -0.4 is 25.4 Å². The van der Waals surface area contributed by atoms with Crippen molar-refractivity contribution >= 4 is 70.2 Å². The number of azo groups is 2. The van der Waals surface area contributed by atoms with E-state index in [9.17, 15) is 39.6 Å². The Kier molecular flexibility index (Phi) is 13.9. The van der Waals surface area contributed by atoms with E-state index in [-0.39, 0.29) is 82.0 Å². The van der Waals surface area contributed by atoms with Crippen LogP contribution in [0.1, 0.15) is 20.7 Å². The number of carbonyl (C=O) groups is 4. The van der Waals surface area contributed by atoms with Crippen LogP contribution in [0.2, 0.25) is 0 Å². The van der Waals surface area contributed by atoms with Gasteiger partial charge < -0.3 is 51.0 Å². The Morgan fingerprint density at radius 1 is 0.714 bits per heavy atom. The molecule has 0 fully saturated rings. The van der Waals surface area contributed by atoms with E-state index in [0.717, 1.165) is 18.2 Å². The Bertz CT molecular complexity index is 2260. The summed E-state index contributed by atoms with van der Waals surface area (Å²) in [7, 11) is 2.81. The van der Waals surface area contributed by atoms with Crippen molar-refractivity contribution in [1.82, 2.24) is 15.0 Å². The van der Waals surface area contributed by atoms with Crippen LogP contribution in [0.15, 0.2) is 111 Å². The highest BCUT2D eigenvalue weighted by molar-refractivity contribution is 5.95. The third kappa shape index (κ3) is 11.7. The average Bonchev–Trinajstić information content (AvgIpc) is 3.17. The smallest absolute Gasteiger partial charge is 0.335 e. The number of carboxylic acids is 4. The highest BCUT2D eigenvalue weighted by Gasteiger charge is 2.15. The van der Waals surface area contributed by atoms with E-state index >= 15 is 0 Å². The molecule has 0 radical (unpaired) electrons. The molecule has 0 atom stereocenters. The minimum Gasteiger partial charge on any atom is -0.494 e. The van der Waals surface area contributed by atoms with Crippen LogP contribution in [0.25, 0.3) is 0 Å². The van der Waals surface area contributed by atoms with Crippen LogP contribution in [-0.4, -0.2) is 91.7 Å². The highest BCUT2D eigenvalue weighted by atomic mass is 16.5. The number of nitrogens with one attached hydrogen (secondary N) is 3. The van der Waals surface area contributed by atoms with Crippen molar-refractivity contribution < 1.29 is 54.2 Å². The lowest BCUT2D eigenvalue weighted by Crippen LogP contribution is -2.12. The maximum absolute atomic E-state index is 11.4. The number of hydrogen-bond acceptors (Lipinski definition) is 17. The summed E-state index contributed by atoms with van der Waals surface area (Å²) >= 11 is 0. The number of hydrogen-bond donors (Lipinski definition) is 8. The number of rotatable bonds is 19. The number of nitrogens with zero attached hydrogens (tertiary/aromatic N) is 7. The number of allylic oxidation sites excluding steroid dienone is 1. The second-order valence-electron chi connectivity index (χ2n) is 10.8. The van der Waals surface area contributed by atoms with Crippen molar-refractivity contribution in [1.29, 1.82) is 0 Å². The van der Waals surface area contributed by atoms with Crippen LogP contribution >= 0.6 is 0 Å². The predicted molar refractivity (Wildman–Crippen MR) is 199 cm³/mol. The van der Waals surface area contributed by atoms with E-state index in [1.165, 1.54) is 38.5 Å². The van der Waals surface area contributed by atoms with Gasteiger partial charge in [-0.25, -0.2) is 19.2 Å². The van der Waals surface area contributed by atoms with Crippen molar-refractivity contribution in [3.8, 4) is 11.5 Å². The maximum Gasteiger partial charge on any atom is 0.335 e. The molecule has 4 rings (SSSR count). The van der Waals surface area contributed by atoms with Crippen LogP contribution in [0.4, 0.5) is 46.3 Å². The summed E-state index contributed by atoms with van der Waals surface area (Å²) in [5.74, 6) is -4.66. The maximum atomic E-state index is 11.4. The summed E-state index contributed by atoms with van der Waals surface area (Å²) < 4.78 is 11.0. The zero-order valence-corrected chi connectivity index (χ0v) is 29.4. The van der Waals surface area contributed by atoms with E-state index in [1.807, 2.05) is 0 Å². The largest absolute Gasteiger partial charge is 0.494 e.